The molecule has 0 aromatic heterocycles. The van der Waals surface area contributed by atoms with Crippen LogP contribution < -0.4 is 11.1 Å². The second-order valence-corrected chi connectivity index (χ2v) is 4.99. The lowest BCUT2D eigenvalue weighted by Crippen LogP contribution is -2.30. The average molecular weight is 280 g/mol. The Hall–Kier alpha value is -1.95. The van der Waals surface area contributed by atoms with E-state index in [0.29, 0.717) is 13.0 Å². The summed E-state index contributed by atoms with van der Waals surface area (Å²) < 4.78 is 13.7. The lowest BCUT2D eigenvalue weighted by atomic mass is 9.95. The van der Waals surface area contributed by atoms with Gasteiger partial charge in [0.1, 0.15) is 5.82 Å². The maximum atomic E-state index is 13.7. The minimum absolute atomic E-state index is 0.0788. The highest BCUT2D eigenvalue weighted by Gasteiger charge is 2.32. The molecular formula is C14H17FN2O3. The quantitative estimate of drug-likeness (QED) is 0.784. The van der Waals surface area contributed by atoms with E-state index in [4.69, 9.17) is 10.8 Å². The van der Waals surface area contributed by atoms with Crippen LogP contribution in [0.4, 0.5) is 10.1 Å². The molecule has 4 N–H and O–H groups in total. The maximum Gasteiger partial charge on any atom is 0.337 e. The third kappa shape index (κ3) is 2.80. The first kappa shape index (κ1) is 14.5. The SMILES string of the molecule is NCC1CCCC1C(=O)Nc1c(F)cccc1C(=O)O. The number of rotatable bonds is 4. The van der Waals surface area contributed by atoms with E-state index in [0.717, 1.165) is 18.9 Å². The van der Waals surface area contributed by atoms with Gasteiger partial charge in [0.15, 0.2) is 0 Å². The highest BCUT2D eigenvalue weighted by molar-refractivity contribution is 6.01. The predicted molar refractivity (Wildman–Crippen MR) is 71.9 cm³/mol. The van der Waals surface area contributed by atoms with Gasteiger partial charge in [-0.05, 0) is 37.4 Å². The number of nitrogens with one attached hydrogen (secondary N) is 1. The van der Waals surface area contributed by atoms with Gasteiger partial charge in [-0.3, -0.25) is 4.79 Å². The number of hydrogen-bond donors (Lipinski definition) is 3. The van der Waals surface area contributed by atoms with Crippen LogP contribution >= 0.6 is 0 Å². The number of nitrogens with two attached hydrogens (primary N) is 1. The molecule has 2 unspecified atom stereocenters. The van der Waals surface area contributed by atoms with Crippen LogP contribution in [0.15, 0.2) is 18.2 Å². The molecule has 1 amide bonds. The van der Waals surface area contributed by atoms with Crippen LogP contribution in [0.3, 0.4) is 0 Å². The van der Waals surface area contributed by atoms with Crippen LogP contribution in [0.1, 0.15) is 29.6 Å². The van der Waals surface area contributed by atoms with Gasteiger partial charge < -0.3 is 16.2 Å². The Morgan fingerprint density at radius 3 is 2.80 bits per heavy atom. The molecule has 108 valence electrons. The van der Waals surface area contributed by atoms with Gasteiger partial charge in [0.2, 0.25) is 5.91 Å². The monoisotopic (exact) mass is 280 g/mol. The van der Waals surface area contributed by atoms with Crippen molar-refractivity contribution in [2.45, 2.75) is 19.3 Å². The summed E-state index contributed by atoms with van der Waals surface area (Å²) in [6.07, 6.45) is 2.48. The second-order valence-electron chi connectivity index (χ2n) is 4.99. The number of carboxylic acid groups (broad SMARTS) is 1. The van der Waals surface area contributed by atoms with E-state index in [-0.39, 0.29) is 29.0 Å². The molecule has 1 aliphatic carbocycles. The number of carbonyl (C=O) groups excluding carboxylic acids is 1. The van der Waals surface area contributed by atoms with E-state index in [1.165, 1.54) is 12.1 Å². The number of hydrogen-bond acceptors (Lipinski definition) is 3. The Morgan fingerprint density at radius 2 is 2.15 bits per heavy atom. The number of para-hydroxylation sites is 1. The second kappa shape index (κ2) is 6.00. The molecule has 1 fully saturated rings. The van der Waals surface area contributed by atoms with E-state index < -0.39 is 11.8 Å². The van der Waals surface area contributed by atoms with Crippen molar-refractivity contribution in [3.8, 4) is 0 Å². The zero-order valence-corrected chi connectivity index (χ0v) is 10.9. The van der Waals surface area contributed by atoms with E-state index >= 15 is 0 Å². The van der Waals surface area contributed by atoms with Crippen LogP contribution in [0.25, 0.3) is 0 Å². The molecule has 0 saturated heterocycles. The molecule has 1 aromatic rings. The fraction of sp³-hybridized carbons (Fsp3) is 0.429. The summed E-state index contributed by atoms with van der Waals surface area (Å²) in [6, 6.07) is 3.68. The van der Waals surface area contributed by atoms with Gasteiger partial charge in [-0.1, -0.05) is 12.5 Å². The van der Waals surface area contributed by atoms with Gasteiger partial charge in [-0.15, -0.1) is 0 Å². The maximum absolute atomic E-state index is 13.7. The number of carbonyl (C=O) groups is 2. The Morgan fingerprint density at radius 1 is 1.40 bits per heavy atom. The molecule has 1 aromatic carbocycles. The zero-order chi connectivity index (χ0) is 14.7. The van der Waals surface area contributed by atoms with Crippen LogP contribution in [-0.2, 0) is 4.79 Å². The summed E-state index contributed by atoms with van der Waals surface area (Å²) in [5, 5.41) is 11.4. The van der Waals surface area contributed by atoms with Gasteiger partial charge in [0.25, 0.3) is 0 Å². The third-order valence-electron chi connectivity index (χ3n) is 3.79. The van der Waals surface area contributed by atoms with Gasteiger partial charge >= 0.3 is 5.97 Å². The lowest BCUT2D eigenvalue weighted by molar-refractivity contribution is -0.120. The Bertz CT molecular complexity index is 533. The van der Waals surface area contributed by atoms with Crippen LogP contribution in [-0.4, -0.2) is 23.5 Å². The summed E-state index contributed by atoms with van der Waals surface area (Å²) in [5.41, 5.74) is 5.10. The minimum atomic E-state index is -1.28. The molecule has 1 saturated carbocycles. The number of aromatic carboxylic acids is 1. The molecule has 0 radical (unpaired) electrons. The largest absolute Gasteiger partial charge is 0.478 e. The summed E-state index contributed by atoms with van der Waals surface area (Å²) in [4.78, 5) is 23.2. The summed E-state index contributed by atoms with van der Waals surface area (Å²) >= 11 is 0. The molecule has 2 atom stereocenters. The first-order chi connectivity index (χ1) is 9.54. The number of amides is 1. The number of benzene rings is 1. The molecule has 2 rings (SSSR count). The van der Waals surface area contributed by atoms with E-state index in [2.05, 4.69) is 5.32 Å². The van der Waals surface area contributed by atoms with Crippen molar-refractivity contribution in [2.24, 2.45) is 17.6 Å². The van der Waals surface area contributed by atoms with Gasteiger partial charge in [-0.2, -0.15) is 0 Å². The van der Waals surface area contributed by atoms with Crippen LogP contribution in [0.2, 0.25) is 0 Å². The van der Waals surface area contributed by atoms with Crippen molar-refractivity contribution >= 4 is 17.6 Å². The van der Waals surface area contributed by atoms with Crippen molar-refractivity contribution in [3.05, 3.63) is 29.6 Å². The van der Waals surface area contributed by atoms with Crippen molar-refractivity contribution in [1.82, 2.24) is 0 Å². The van der Waals surface area contributed by atoms with Crippen molar-refractivity contribution < 1.29 is 19.1 Å². The first-order valence-corrected chi connectivity index (χ1v) is 6.57. The molecule has 0 aliphatic heterocycles. The highest BCUT2D eigenvalue weighted by Crippen LogP contribution is 2.32. The van der Waals surface area contributed by atoms with E-state index in [1.807, 2.05) is 0 Å². The lowest BCUT2D eigenvalue weighted by Gasteiger charge is -2.18. The topological polar surface area (TPSA) is 92.4 Å². The van der Waals surface area contributed by atoms with Crippen molar-refractivity contribution in [2.75, 3.05) is 11.9 Å². The van der Waals surface area contributed by atoms with Gasteiger partial charge in [0, 0.05) is 5.92 Å². The Balaban J connectivity index is 2.21. The van der Waals surface area contributed by atoms with Gasteiger partial charge in [0.05, 0.1) is 11.3 Å². The first-order valence-electron chi connectivity index (χ1n) is 6.57. The van der Waals surface area contributed by atoms with Crippen LogP contribution in [0, 0.1) is 17.7 Å². The van der Waals surface area contributed by atoms with Crippen LogP contribution in [0.5, 0.6) is 0 Å². The summed E-state index contributed by atoms with van der Waals surface area (Å²) in [6.45, 7) is 0.404. The molecule has 0 bridgehead atoms. The third-order valence-corrected chi connectivity index (χ3v) is 3.79. The molecule has 0 spiro atoms. The summed E-state index contributed by atoms with van der Waals surface area (Å²) in [7, 11) is 0. The number of halogens is 1. The van der Waals surface area contributed by atoms with Gasteiger partial charge in [-0.25, -0.2) is 9.18 Å². The highest BCUT2D eigenvalue weighted by atomic mass is 19.1. The van der Waals surface area contributed by atoms with Crippen molar-refractivity contribution in [1.29, 1.82) is 0 Å². The molecule has 0 heterocycles. The molecule has 1 aliphatic rings. The number of anilines is 1. The Labute approximate surface area is 116 Å². The predicted octanol–water partition coefficient (Wildman–Crippen LogP) is 1.84. The average Bonchev–Trinajstić information content (AvgIpc) is 2.89. The number of carboxylic acids is 1. The van der Waals surface area contributed by atoms with E-state index in [1.54, 1.807) is 0 Å². The minimum Gasteiger partial charge on any atom is -0.478 e. The molecule has 20 heavy (non-hydrogen) atoms. The normalized spacial score (nSPS) is 21.7. The standard InChI is InChI=1S/C14H17FN2O3/c15-11-6-2-5-10(14(19)20)12(11)17-13(18)9-4-1-3-8(9)7-16/h2,5-6,8-9H,1,3-4,7,16H2,(H,17,18)(H,19,20). The molecule has 5 nitrogen and oxygen atoms in total. The fourth-order valence-corrected chi connectivity index (χ4v) is 2.71. The Kier molecular flexibility index (Phi) is 4.34. The fourth-order valence-electron chi connectivity index (χ4n) is 2.71. The molecule has 6 heteroatoms. The smallest absolute Gasteiger partial charge is 0.337 e. The van der Waals surface area contributed by atoms with E-state index in [9.17, 15) is 14.0 Å². The summed E-state index contributed by atoms with van der Waals surface area (Å²) in [5.74, 6) is -2.58. The molecular weight excluding hydrogens is 263 g/mol. The zero-order valence-electron chi connectivity index (χ0n) is 10.9. The van der Waals surface area contributed by atoms with Crippen molar-refractivity contribution in [3.63, 3.8) is 0 Å².